The van der Waals surface area contributed by atoms with Crippen LogP contribution in [0.1, 0.15) is 39.6 Å². The number of aryl methyl sites for hydroxylation is 3. The summed E-state index contributed by atoms with van der Waals surface area (Å²) >= 11 is 3.56. The minimum absolute atomic E-state index is 0.0627. The highest BCUT2D eigenvalue weighted by atomic mass is 79.9. The van der Waals surface area contributed by atoms with Crippen LogP contribution in [0.3, 0.4) is 0 Å². The van der Waals surface area contributed by atoms with Gasteiger partial charge in [-0.1, -0.05) is 22.4 Å². The summed E-state index contributed by atoms with van der Waals surface area (Å²) in [5.41, 5.74) is 3.26. The molecule has 8 nitrogen and oxygen atoms in total. The van der Waals surface area contributed by atoms with Gasteiger partial charge in [0.1, 0.15) is 11.3 Å². The average Bonchev–Trinajstić information content (AvgIpc) is 3.22. The highest BCUT2D eigenvalue weighted by Gasteiger charge is 2.24. The number of benzene rings is 1. The molecule has 0 saturated carbocycles. The third-order valence-corrected chi connectivity index (χ3v) is 6.43. The number of hydrogen-bond donors (Lipinski definition) is 0. The quantitative estimate of drug-likeness (QED) is 0.569. The summed E-state index contributed by atoms with van der Waals surface area (Å²) in [6.07, 6.45) is 0.893. The Morgan fingerprint density at radius 1 is 1.10 bits per heavy atom. The summed E-state index contributed by atoms with van der Waals surface area (Å²) in [4.78, 5) is 21.7. The monoisotopic (exact) mass is 473 g/mol. The van der Waals surface area contributed by atoms with Gasteiger partial charge in [0.05, 0.1) is 17.8 Å². The molecule has 1 saturated heterocycles. The fraction of sp³-hybridized carbons (Fsp3) is 0.429. The van der Waals surface area contributed by atoms with E-state index in [-0.39, 0.29) is 5.91 Å². The van der Waals surface area contributed by atoms with Crippen LogP contribution in [0, 0.1) is 20.8 Å². The molecule has 0 N–H and O–H groups in total. The lowest BCUT2D eigenvalue weighted by atomic mass is 10.1. The molecule has 158 valence electrons. The highest BCUT2D eigenvalue weighted by molar-refractivity contribution is 9.10. The zero-order valence-corrected chi connectivity index (χ0v) is 18.9. The lowest BCUT2D eigenvalue weighted by Gasteiger charge is -2.22. The number of carbonyl (C=O) groups excluding carboxylic acids is 1. The Labute approximate surface area is 183 Å². The van der Waals surface area contributed by atoms with Gasteiger partial charge in [-0.3, -0.25) is 9.69 Å². The van der Waals surface area contributed by atoms with Crippen LogP contribution in [0.25, 0.3) is 11.5 Å². The van der Waals surface area contributed by atoms with Crippen LogP contribution in [0.15, 0.2) is 31.7 Å². The average molecular weight is 474 g/mol. The zero-order chi connectivity index (χ0) is 21.3. The lowest BCUT2D eigenvalue weighted by molar-refractivity contribution is 0.0760. The van der Waals surface area contributed by atoms with E-state index in [0.717, 1.165) is 47.3 Å². The fourth-order valence-electron chi connectivity index (χ4n) is 3.72. The van der Waals surface area contributed by atoms with Crippen LogP contribution in [0.5, 0.6) is 0 Å². The van der Waals surface area contributed by atoms with E-state index in [9.17, 15) is 4.79 Å². The number of hydrogen-bond acceptors (Lipinski definition) is 7. The molecule has 9 heteroatoms. The lowest BCUT2D eigenvalue weighted by Crippen LogP contribution is -2.35. The molecule has 3 aromatic rings. The first-order valence-electron chi connectivity index (χ1n) is 9.96. The van der Waals surface area contributed by atoms with Crippen molar-refractivity contribution in [2.75, 3.05) is 26.2 Å². The van der Waals surface area contributed by atoms with Gasteiger partial charge in [-0.15, -0.1) is 0 Å². The summed E-state index contributed by atoms with van der Waals surface area (Å²) < 4.78 is 11.5. The van der Waals surface area contributed by atoms with Crippen molar-refractivity contribution in [1.29, 1.82) is 0 Å². The molecular formula is C21H24BrN5O3. The van der Waals surface area contributed by atoms with Gasteiger partial charge in [-0.25, -0.2) is 0 Å². The number of rotatable bonds is 4. The molecule has 0 bridgehead atoms. The molecule has 0 unspecified atom stereocenters. The van der Waals surface area contributed by atoms with Gasteiger partial charge >= 0.3 is 0 Å². The molecule has 2 aromatic heterocycles. The number of aromatic nitrogens is 3. The van der Waals surface area contributed by atoms with Gasteiger partial charge in [0, 0.05) is 30.7 Å². The molecule has 1 amide bonds. The number of carbonyl (C=O) groups is 1. The van der Waals surface area contributed by atoms with E-state index in [2.05, 4.69) is 36.1 Å². The molecule has 1 aliphatic heterocycles. The predicted molar refractivity (Wildman–Crippen MR) is 114 cm³/mol. The fourth-order valence-corrected chi connectivity index (χ4v) is 4.16. The second-order valence-corrected chi connectivity index (χ2v) is 8.37. The second-order valence-electron chi connectivity index (χ2n) is 7.57. The maximum atomic E-state index is 13.0. The third kappa shape index (κ3) is 4.17. The Kier molecular flexibility index (Phi) is 6.01. The topological polar surface area (TPSA) is 88.5 Å². The van der Waals surface area contributed by atoms with E-state index >= 15 is 0 Å². The van der Waals surface area contributed by atoms with Crippen molar-refractivity contribution in [2.24, 2.45) is 0 Å². The smallest absolute Gasteiger partial charge is 0.263 e. The number of nitrogens with zero attached hydrogens (tertiary/aromatic N) is 5. The van der Waals surface area contributed by atoms with E-state index in [4.69, 9.17) is 9.05 Å². The largest absolute Gasteiger partial charge is 0.361 e. The Hall–Kier alpha value is -2.52. The van der Waals surface area contributed by atoms with Crippen LogP contribution >= 0.6 is 15.9 Å². The SMILES string of the molecule is Cc1cccc(C(=O)N2CCCN(Cc3noc(-c4c(C)noc4C)n3)CC2)c1Br. The number of amides is 1. The van der Waals surface area contributed by atoms with Crippen molar-refractivity contribution >= 4 is 21.8 Å². The molecular weight excluding hydrogens is 450 g/mol. The van der Waals surface area contributed by atoms with Crippen molar-refractivity contribution in [2.45, 2.75) is 33.7 Å². The molecule has 0 spiro atoms. The first-order chi connectivity index (χ1) is 14.4. The normalized spacial score (nSPS) is 15.4. The maximum absolute atomic E-state index is 13.0. The standard InChI is InChI=1S/C21H24BrN5O3/c1-13-6-4-7-16(19(13)22)21(28)27-9-5-8-26(10-11-27)12-17-23-20(30-25-17)18-14(2)24-29-15(18)3/h4,6-7H,5,8-12H2,1-3H3. The predicted octanol–water partition coefficient (Wildman–Crippen LogP) is 3.76. The van der Waals surface area contributed by atoms with Gasteiger partial charge in [-0.2, -0.15) is 4.98 Å². The number of halogens is 1. The van der Waals surface area contributed by atoms with Crippen molar-refractivity contribution < 1.29 is 13.8 Å². The van der Waals surface area contributed by atoms with Gasteiger partial charge < -0.3 is 13.9 Å². The summed E-state index contributed by atoms with van der Waals surface area (Å²) in [5, 5.41) is 8.06. The van der Waals surface area contributed by atoms with Gasteiger partial charge in [0.2, 0.25) is 0 Å². The van der Waals surface area contributed by atoms with Gasteiger partial charge in [-0.05, 0) is 54.8 Å². The zero-order valence-electron chi connectivity index (χ0n) is 17.3. The Morgan fingerprint density at radius 3 is 2.70 bits per heavy atom. The van der Waals surface area contributed by atoms with Gasteiger partial charge in [0.25, 0.3) is 11.8 Å². The minimum Gasteiger partial charge on any atom is -0.361 e. The first-order valence-corrected chi connectivity index (χ1v) is 10.8. The van der Waals surface area contributed by atoms with Crippen molar-refractivity contribution in [3.8, 4) is 11.5 Å². The van der Waals surface area contributed by atoms with Crippen LogP contribution < -0.4 is 0 Å². The van der Waals surface area contributed by atoms with E-state index in [0.29, 0.717) is 36.1 Å². The van der Waals surface area contributed by atoms with Crippen LogP contribution in [-0.4, -0.2) is 57.2 Å². The van der Waals surface area contributed by atoms with E-state index in [1.165, 1.54) is 0 Å². The highest BCUT2D eigenvalue weighted by Crippen LogP contribution is 2.26. The molecule has 0 aliphatic carbocycles. The molecule has 4 rings (SSSR count). The Bertz CT molecular complexity index is 1040. The second kappa shape index (κ2) is 8.69. The van der Waals surface area contributed by atoms with Crippen LogP contribution in [-0.2, 0) is 6.54 Å². The molecule has 1 aromatic carbocycles. The van der Waals surface area contributed by atoms with Crippen molar-refractivity contribution in [1.82, 2.24) is 25.1 Å². The first kappa shape index (κ1) is 20.7. The molecule has 0 atom stereocenters. The summed E-state index contributed by atoms with van der Waals surface area (Å²) in [7, 11) is 0. The molecule has 3 heterocycles. The molecule has 30 heavy (non-hydrogen) atoms. The third-order valence-electron chi connectivity index (χ3n) is 5.38. The minimum atomic E-state index is 0.0627. The summed E-state index contributed by atoms with van der Waals surface area (Å²) in [6.45, 7) is 9.25. The maximum Gasteiger partial charge on any atom is 0.263 e. The van der Waals surface area contributed by atoms with Crippen molar-refractivity contribution in [3.05, 3.63) is 51.1 Å². The van der Waals surface area contributed by atoms with E-state index < -0.39 is 0 Å². The molecule has 1 aliphatic rings. The van der Waals surface area contributed by atoms with Crippen LogP contribution in [0.2, 0.25) is 0 Å². The summed E-state index contributed by atoms with van der Waals surface area (Å²) in [5.74, 6) is 1.77. The van der Waals surface area contributed by atoms with Crippen molar-refractivity contribution in [3.63, 3.8) is 0 Å². The molecule has 0 radical (unpaired) electrons. The van der Waals surface area contributed by atoms with E-state index in [1.807, 2.05) is 43.9 Å². The van der Waals surface area contributed by atoms with Gasteiger partial charge in [0.15, 0.2) is 5.82 Å². The molecule has 1 fully saturated rings. The Balaban J connectivity index is 1.40. The Morgan fingerprint density at radius 2 is 1.93 bits per heavy atom. The van der Waals surface area contributed by atoms with Crippen LogP contribution in [0.4, 0.5) is 0 Å². The van der Waals surface area contributed by atoms with E-state index in [1.54, 1.807) is 0 Å². The summed E-state index contributed by atoms with van der Waals surface area (Å²) in [6, 6.07) is 5.79.